The lowest BCUT2D eigenvalue weighted by Gasteiger charge is -2.02. The highest BCUT2D eigenvalue weighted by Gasteiger charge is 2.12. The second-order valence-corrected chi connectivity index (χ2v) is 5.73. The molecule has 0 radical (unpaired) electrons. The number of hydrogen-bond donors (Lipinski definition) is 0. The van der Waals surface area contributed by atoms with Crippen LogP contribution < -0.4 is 0 Å². The van der Waals surface area contributed by atoms with E-state index >= 15 is 0 Å². The van der Waals surface area contributed by atoms with Gasteiger partial charge in [-0.3, -0.25) is 9.78 Å². The van der Waals surface area contributed by atoms with E-state index in [1.807, 2.05) is 0 Å². The van der Waals surface area contributed by atoms with Gasteiger partial charge in [0.2, 0.25) is 0 Å². The second-order valence-electron chi connectivity index (χ2n) is 3.47. The first-order valence-corrected chi connectivity index (χ1v) is 6.59. The van der Waals surface area contributed by atoms with Gasteiger partial charge >= 0.3 is 0 Å². The summed E-state index contributed by atoms with van der Waals surface area (Å²) >= 11 is 0. The van der Waals surface area contributed by atoms with Gasteiger partial charge in [-0.05, 0) is 18.6 Å². The summed E-state index contributed by atoms with van der Waals surface area (Å²) in [4.78, 5) is 15.5. The minimum Gasteiger partial charge on any atom is -0.292 e. The van der Waals surface area contributed by atoms with Crippen LogP contribution in [0.3, 0.4) is 0 Å². The summed E-state index contributed by atoms with van der Waals surface area (Å²) in [6, 6.07) is 3.52. The van der Waals surface area contributed by atoms with Gasteiger partial charge in [-0.1, -0.05) is 6.07 Å². The van der Waals surface area contributed by atoms with Gasteiger partial charge < -0.3 is 0 Å². The SMILES string of the molecule is Cc1cccnc1C(=O)CCS(C)(=O)=O. The van der Waals surface area contributed by atoms with E-state index in [2.05, 4.69) is 4.98 Å². The fraction of sp³-hybridized carbons (Fsp3) is 0.400. The van der Waals surface area contributed by atoms with Crippen molar-refractivity contribution in [1.29, 1.82) is 0 Å². The maximum atomic E-state index is 11.6. The van der Waals surface area contributed by atoms with Gasteiger partial charge in [0.1, 0.15) is 15.5 Å². The number of aryl methyl sites for hydroxylation is 1. The molecule has 0 unspecified atom stereocenters. The number of sulfone groups is 1. The van der Waals surface area contributed by atoms with E-state index in [9.17, 15) is 13.2 Å². The molecule has 0 aliphatic rings. The van der Waals surface area contributed by atoms with Crippen LogP contribution in [-0.4, -0.2) is 31.2 Å². The van der Waals surface area contributed by atoms with Gasteiger partial charge in [0.15, 0.2) is 5.78 Å². The van der Waals surface area contributed by atoms with Crippen molar-refractivity contribution in [3.05, 3.63) is 29.6 Å². The zero-order chi connectivity index (χ0) is 11.5. The molecular formula is C10H13NO3S. The number of rotatable bonds is 4. The molecule has 0 bridgehead atoms. The molecule has 1 aromatic rings. The first kappa shape index (κ1) is 11.8. The Morgan fingerprint density at radius 2 is 2.13 bits per heavy atom. The zero-order valence-electron chi connectivity index (χ0n) is 8.73. The van der Waals surface area contributed by atoms with Crippen LogP contribution >= 0.6 is 0 Å². The number of hydrogen-bond acceptors (Lipinski definition) is 4. The maximum absolute atomic E-state index is 11.6. The molecule has 0 fully saturated rings. The van der Waals surface area contributed by atoms with Crippen molar-refractivity contribution in [2.24, 2.45) is 0 Å². The van der Waals surface area contributed by atoms with Crippen LogP contribution in [0.1, 0.15) is 22.5 Å². The van der Waals surface area contributed by atoms with Crippen LogP contribution in [0.15, 0.2) is 18.3 Å². The van der Waals surface area contributed by atoms with Crippen molar-refractivity contribution in [2.75, 3.05) is 12.0 Å². The molecule has 1 heterocycles. The van der Waals surface area contributed by atoms with E-state index in [0.29, 0.717) is 5.69 Å². The van der Waals surface area contributed by atoms with Crippen molar-refractivity contribution >= 4 is 15.6 Å². The first-order chi connectivity index (χ1) is 6.90. The third-order valence-corrected chi connectivity index (χ3v) is 2.92. The Labute approximate surface area is 89.3 Å². The molecule has 0 saturated carbocycles. The Balaban J connectivity index is 2.75. The molecule has 15 heavy (non-hydrogen) atoms. The maximum Gasteiger partial charge on any atom is 0.182 e. The van der Waals surface area contributed by atoms with Crippen molar-refractivity contribution < 1.29 is 13.2 Å². The highest BCUT2D eigenvalue weighted by molar-refractivity contribution is 7.90. The van der Waals surface area contributed by atoms with Crippen molar-refractivity contribution in [2.45, 2.75) is 13.3 Å². The molecule has 0 saturated heterocycles. The van der Waals surface area contributed by atoms with Gasteiger partial charge in [0, 0.05) is 18.9 Å². The van der Waals surface area contributed by atoms with Crippen molar-refractivity contribution in [1.82, 2.24) is 4.98 Å². The van der Waals surface area contributed by atoms with Gasteiger partial charge in [0.25, 0.3) is 0 Å². The number of Topliss-reactive ketones (excluding diaryl/α,β-unsaturated/α-hetero) is 1. The van der Waals surface area contributed by atoms with E-state index in [0.717, 1.165) is 11.8 Å². The average Bonchev–Trinajstić information content (AvgIpc) is 2.14. The van der Waals surface area contributed by atoms with Crippen LogP contribution in [0, 0.1) is 6.92 Å². The van der Waals surface area contributed by atoms with Crippen LogP contribution in [0.5, 0.6) is 0 Å². The van der Waals surface area contributed by atoms with Crippen molar-refractivity contribution in [3.63, 3.8) is 0 Å². The van der Waals surface area contributed by atoms with Crippen LogP contribution in [0.2, 0.25) is 0 Å². The highest BCUT2D eigenvalue weighted by atomic mass is 32.2. The quantitative estimate of drug-likeness (QED) is 0.720. The fourth-order valence-electron chi connectivity index (χ4n) is 1.17. The third kappa shape index (κ3) is 3.79. The largest absolute Gasteiger partial charge is 0.292 e. The Kier molecular flexibility index (Phi) is 3.57. The summed E-state index contributed by atoms with van der Waals surface area (Å²) in [6.07, 6.45) is 2.64. The van der Waals surface area contributed by atoms with E-state index in [1.54, 1.807) is 19.1 Å². The lowest BCUT2D eigenvalue weighted by Crippen LogP contribution is -2.11. The zero-order valence-corrected chi connectivity index (χ0v) is 9.54. The molecule has 1 rings (SSSR count). The molecule has 5 heteroatoms. The summed E-state index contributed by atoms with van der Waals surface area (Å²) in [7, 11) is -3.09. The van der Waals surface area contributed by atoms with Crippen LogP contribution in [0.4, 0.5) is 0 Å². The number of carbonyl (C=O) groups is 1. The third-order valence-electron chi connectivity index (χ3n) is 1.97. The molecule has 0 aromatic carbocycles. The van der Waals surface area contributed by atoms with E-state index < -0.39 is 9.84 Å². The Morgan fingerprint density at radius 1 is 1.47 bits per heavy atom. The molecular weight excluding hydrogens is 214 g/mol. The highest BCUT2D eigenvalue weighted by Crippen LogP contribution is 2.06. The van der Waals surface area contributed by atoms with Crippen molar-refractivity contribution in [3.8, 4) is 0 Å². The normalized spacial score (nSPS) is 11.3. The minimum atomic E-state index is -3.09. The summed E-state index contributed by atoms with van der Waals surface area (Å²) in [5.41, 5.74) is 1.14. The topological polar surface area (TPSA) is 64.1 Å². The van der Waals surface area contributed by atoms with Crippen LogP contribution in [-0.2, 0) is 9.84 Å². The predicted octanol–water partition coefficient (Wildman–Crippen LogP) is 1.01. The number of carbonyl (C=O) groups excluding carboxylic acids is 1. The lowest BCUT2D eigenvalue weighted by atomic mass is 10.1. The Bertz CT molecular complexity index is 465. The molecule has 4 nitrogen and oxygen atoms in total. The summed E-state index contributed by atoms with van der Waals surface area (Å²) in [5, 5.41) is 0. The first-order valence-electron chi connectivity index (χ1n) is 4.53. The summed E-state index contributed by atoms with van der Waals surface area (Å²) in [5.74, 6) is -0.347. The Hall–Kier alpha value is -1.23. The minimum absolute atomic E-state index is 0.00329. The van der Waals surface area contributed by atoms with E-state index in [-0.39, 0.29) is 18.0 Å². The summed E-state index contributed by atoms with van der Waals surface area (Å²) in [6.45, 7) is 1.78. The molecule has 1 aromatic heterocycles. The predicted molar refractivity (Wildman–Crippen MR) is 57.6 cm³/mol. The van der Waals surface area contributed by atoms with E-state index in [1.165, 1.54) is 6.20 Å². The van der Waals surface area contributed by atoms with Gasteiger partial charge in [-0.15, -0.1) is 0 Å². The second kappa shape index (κ2) is 4.53. The van der Waals surface area contributed by atoms with Gasteiger partial charge in [0.05, 0.1) is 5.75 Å². The number of pyridine rings is 1. The molecule has 0 atom stereocenters. The van der Waals surface area contributed by atoms with Gasteiger partial charge in [-0.25, -0.2) is 8.42 Å². The van der Waals surface area contributed by atoms with Gasteiger partial charge in [-0.2, -0.15) is 0 Å². The number of ketones is 1. The van der Waals surface area contributed by atoms with E-state index in [4.69, 9.17) is 0 Å². The molecule has 0 amide bonds. The molecule has 0 N–H and O–H groups in total. The molecule has 0 spiro atoms. The Morgan fingerprint density at radius 3 is 2.67 bits per heavy atom. The lowest BCUT2D eigenvalue weighted by molar-refractivity contribution is 0.0983. The molecule has 0 aliphatic carbocycles. The van der Waals surface area contributed by atoms with Crippen LogP contribution in [0.25, 0.3) is 0 Å². The standard InChI is InChI=1S/C10H13NO3S/c1-8-4-3-6-11-10(8)9(12)5-7-15(2,13)14/h3-4,6H,5,7H2,1-2H3. The number of aromatic nitrogens is 1. The molecule has 0 aliphatic heterocycles. The average molecular weight is 227 g/mol. The monoisotopic (exact) mass is 227 g/mol. The molecule has 82 valence electrons. The summed E-state index contributed by atoms with van der Waals surface area (Å²) < 4.78 is 21.8. The fourth-order valence-corrected chi connectivity index (χ4v) is 1.73. The smallest absolute Gasteiger partial charge is 0.182 e. The number of nitrogens with zero attached hydrogens (tertiary/aromatic N) is 1.